The molecular weight excluding hydrogens is 560 g/mol. The Labute approximate surface area is 244 Å². The quantitative estimate of drug-likeness (QED) is 0.0938. The fourth-order valence-corrected chi connectivity index (χ4v) is 4.74. The Hall–Kier alpha value is -5.21. The number of para-hydroxylation sites is 2. The van der Waals surface area contributed by atoms with Crippen molar-refractivity contribution in [2.75, 3.05) is 6.61 Å². The standard InChI is InChI=1S/C29H32N6O8/c30-19(14-36)26(39)33-23(11-25(37)38)28(41)34-22(9-15-12-31-20-7-3-1-5-17(15)20)27(40)35-24(29(42)43)10-16-13-32-21-8-4-2-6-18(16)21/h1-8,12-13,19,22-24,31-32,36H,9-11,14,30H2,(H,33,39)(H,34,41)(H,35,40)(H,37,38)(H,42,43). The van der Waals surface area contributed by atoms with Gasteiger partial charge in [0.15, 0.2) is 0 Å². The second-order valence-electron chi connectivity index (χ2n) is 10.0. The van der Waals surface area contributed by atoms with Gasteiger partial charge < -0.3 is 47.0 Å². The summed E-state index contributed by atoms with van der Waals surface area (Å²) in [5, 5.41) is 37.1. The number of amides is 3. The second-order valence-corrected chi connectivity index (χ2v) is 10.0. The molecule has 0 saturated heterocycles. The van der Waals surface area contributed by atoms with Gasteiger partial charge in [-0.15, -0.1) is 0 Å². The molecule has 0 aliphatic heterocycles. The van der Waals surface area contributed by atoms with E-state index in [1.807, 2.05) is 30.3 Å². The molecule has 0 saturated carbocycles. The van der Waals surface area contributed by atoms with Gasteiger partial charge in [0.05, 0.1) is 13.0 Å². The van der Waals surface area contributed by atoms with Crippen molar-refractivity contribution < 1.29 is 39.3 Å². The normalized spacial score (nSPS) is 14.0. The topological polar surface area (TPSA) is 240 Å². The van der Waals surface area contributed by atoms with E-state index in [-0.39, 0.29) is 12.8 Å². The van der Waals surface area contributed by atoms with E-state index in [4.69, 9.17) is 10.8 Å². The number of hydrogen-bond donors (Lipinski definition) is 9. The van der Waals surface area contributed by atoms with E-state index in [1.165, 1.54) is 0 Å². The van der Waals surface area contributed by atoms with Crippen LogP contribution in [0.2, 0.25) is 0 Å². The van der Waals surface area contributed by atoms with Crippen LogP contribution < -0.4 is 21.7 Å². The number of aliphatic carboxylic acids is 2. The number of carbonyl (C=O) groups is 5. The molecule has 0 aliphatic carbocycles. The van der Waals surface area contributed by atoms with Gasteiger partial charge in [-0.05, 0) is 23.3 Å². The molecular formula is C29H32N6O8. The average molecular weight is 593 g/mol. The predicted molar refractivity (Wildman–Crippen MR) is 155 cm³/mol. The number of rotatable bonds is 14. The van der Waals surface area contributed by atoms with Gasteiger partial charge in [-0.2, -0.15) is 0 Å². The van der Waals surface area contributed by atoms with Crippen LogP contribution in [0.25, 0.3) is 21.8 Å². The summed E-state index contributed by atoms with van der Waals surface area (Å²) in [7, 11) is 0. The maximum absolute atomic E-state index is 13.6. The highest BCUT2D eigenvalue weighted by atomic mass is 16.4. The number of aromatic nitrogens is 2. The number of benzene rings is 2. The minimum atomic E-state index is -1.64. The van der Waals surface area contributed by atoms with Gasteiger partial charge in [0.2, 0.25) is 17.7 Å². The van der Waals surface area contributed by atoms with Crippen LogP contribution in [-0.2, 0) is 36.8 Å². The SMILES string of the molecule is NC(CO)C(=O)NC(CC(=O)O)C(=O)NC(Cc1c[nH]c2ccccc12)C(=O)NC(Cc1c[nH]c2ccccc12)C(=O)O. The number of nitrogens with two attached hydrogens (primary N) is 1. The second kappa shape index (κ2) is 13.6. The van der Waals surface area contributed by atoms with Crippen molar-refractivity contribution in [1.29, 1.82) is 0 Å². The summed E-state index contributed by atoms with van der Waals surface area (Å²) in [4.78, 5) is 68.9. The van der Waals surface area contributed by atoms with Crippen molar-refractivity contribution >= 4 is 51.5 Å². The molecule has 0 spiro atoms. The lowest BCUT2D eigenvalue weighted by Gasteiger charge is -2.24. The lowest BCUT2D eigenvalue weighted by atomic mass is 10.0. The number of fused-ring (bicyclic) bond motifs is 2. The molecule has 4 aromatic rings. The predicted octanol–water partition coefficient (Wildman–Crippen LogP) is -0.232. The number of aliphatic hydroxyl groups is 1. The van der Waals surface area contributed by atoms with E-state index >= 15 is 0 Å². The van der Waals surface area contributed by atoms with Gasteiger partial charge >= 0.3 is 11.9 Å². The summed E-state index contributed by atoms with van der Waals surface area (Å²) < 4.78 is 0. The van der Waals surface area contributed by atoms with Crippen molar-refractivity contribution in [3.8, 4) is 0 Å². The third-order valence-electron chi connectivity index (χ3n) is 6.99. The molecule has 2 aromatic heterocycles. The van der Waals surface area contributed by atoms with Crippen molar-refractivity contribution in [1.82, 2.24) is 25.9 Å². The van der Waals surface area contributed by atoms with Gasteiger partial charge in [0.1, 0.15) is 24.2 Å². The first kappa shape index (κ1) is 30.7. The van der Waals surface area contributed by atoms with E-state index in [9.17, 15) is 34.2 Å². The molecule has 4 atom stereocenters. The van der Waals surface area contributed by atoms with Crippen LogP contribution in [0.5, 0.6) is 0 Å². The molecule has 0 bridgehead atoms. The molecule has 43 heavy (non-hydrogen) atoms. The van der Waals surface area contributed by atoms with Gasteiger partial charge in [0.25, 0.3) is 0 Å². The highest BCUT2D eigenvalue weighted by Gasteiger charge is 2.32. The average Bonchev–Trinajstić information content (AvgIpc) is 3.59. The molecule has 2 aromatic carbocycles. The summed E-state index contributed by atoms with van der Waals surface area (Å²) in [6, 6.07) is 8.73. The fourth-order valence-electron chi connectivity index (χ4n) is 4.74. The number of aliphatic hydroxyl groups excluding tert-OH is 1. The van der Waals surface area contributed by atoms with Crippen LogP contribution in [0.15, 0.2) is 60.9 Å². The Balaban J connectivity index is 1.60. The van der Waals surface area contributed by atoms with Crippen LogP contribution in [0.3, 0.4) is 0 Å². The largest absolute Gasteiger partial charge is 0.481 e. The van der Waals surface area contributed by atoms with Crippen molar-refractivity contribution in [2.45, 2.75) is 43.4 Å². The van der Waals surface area contributed by atoms with Crippen LogP contribution in [0.4, 0.5) is 0 Å². The molecule has 226 valence electrons. The smallest absolute Gasteiger partial charge is 0.326 e. The highest BCUT2D eigenvalue weighted by Crippen LogP contribution is 2.21. The van der Waals surface area contributed by atoms with Crippen molar-refractivity contribution in [3.63, 3.8) is 0 Å². The van der Waals surface area contributed by atoms with Crippen LogP contribution in [0.1, 0.15) is 17.5 Å². The van der Waals surface area contributed by atoms with Crippen LogP contribution in [0, 0.1) is 0 Å². The summed E-state index contributed by atoms with van der Waals surface area (Å²) in [6.45, 7) is -0.744. The van der Waals surface area contributed by atoms with E-state index in [1.54, 1.807) is 30.6 Å². The first-order chi connectivity index (χ1) is 20.6. The molecule has 0 radical (unpaired) electrons. The minimum absolute atomic E-state index is 0.0599. The third-order valence-corrected chi connectivity index (χ3v) is 6.99. The molecule has 3 amide bonds. The van der Waals surface area contributed by atoms with E-state index < -0.39 is 66.9 Å². The zero-order valence-electron chi connectivity index (χ0n) is 22.9. The number of H-pyrrole nitrogens is 2. The molecule has 2 heterocycles. The fraction of sp³-hybridized carbons (Fsp3) is 0.276. The van der Waals surface area contributed by atoms with Gasteiger partial charge in [0, 0.05) is 47.0 Å². The first-order valence-electron chi connectivity index (χ1n) is 13.4. The van der Waals surface area contributed by atoms with Crippen molar-refractivity contribution in [2.24, 2.45) is 5.73 Å². The Bertz CT molecular complexity index is 1650. The lowest BCUT2D eigenvalue weighted by Crippen LogP contribution is -2.58. The molecule has 4 unspecified atom stereocenters. The Morgan fingerprint density at radius 2 is 1.16 bits per heavy atom. The Morgan fingerprint density at radius 1 is 0.698 bits per heavy atom. The maximum atomic E-state index is 13.6. The van der Waals surface area contributed by atoms with Gasteiger partial charge in [-0.3, -0.25) is 19.2 Å². The van der Waals surface area contributed by atoms with E-state index in [0.29, 0.717) is 11.1 Å². The Morgan fingerprint density at radius 3 is 1.67 bits per heavy atom. The van der Waals surface area contributed by atoms with E-state index in [0.717, 1.165) is 21.8 Å². The summed E-state index contributed by atoms with van der Waals surface area (Å²) in [5.74, 6) is -5.53. The zero-order chi connectivity index (χ0) is 31.1. The third kappa shape index (κ3) is 7.55. The Kier molecular flexibility index (Phi) is 9.75. The number of carbonyl (C=O) groups excluding carboxylic acids is 3. The molecule has 14 nitrogen and oxygen atoms in total. The first-order valence-corrected chi connectivity index (χ1v) is 13.4. The van der Waals surface area contributed by atoms with Crippen LogP contribution in [-0.4, -0.2) is 85.7 Å². The molecule has 10 N–H and O–H groups in total. The number of carboxylic acids is 2. The lowest BCUT2D eigenvalue weighted by molar-refractivity contribution is -0.143. The maximum Gasteiger partial charge on any atom is 0.326 e. The van der Waals surface area contributed by atoms with Crippen LogP contribution >= 0.6 is 0 Å². The molecule has 0 aliphatic rings. The van der Waals surface area contributed by atoms with Gasteiger partial charge in [-0.1, -0.05) is 36.4 Å². The highest BCUT2D eigenvalue weighted by molar-refractivity contribution is 5.96. The summed E-state index contributed by atoms with van der Waals surface area (Å²) in [6.07, 6.45) is 2.32. The zero-order valence-corrected chi connectivity index (χ0v) is 22.9. The monoisotopic (exact) mass is 592 g/mol. The minimum Gasteiger partial charge on any atom is -0.481 e. The van der Waals surface area contributed by atoms with Crippen molar-refractivity contribution in [3.05, 3.63) is 72.1 Å². The molecule has 4 rings (SSSR count). The summed E-state index contributed by atoms with van der Waals surface area (Å²) >= 11 is 0. The number of hydrogen-bond acceptors (Lipinski definition) is 7. The molecule has 0 fully saturated rings. The number of carboxylic acid groups (broad SMARTS) is 2. The number of aromatic amines is 2. The summed E-state index contributed by atoms with van der Waals surface area (Å²) in [5.41, 5.74) is 8.34. The van der Waals surface area contributed by atoms with Gasteiger partial charge in [-0.25, -0.2) is 4.79 Å². The molecule has 14 heteroatoms. The number of nitrogens with one attached hydrogen (secondary N) is 5. The van der Waals surface area contributed by atoms with E-state index in [2.05, 4.69) is 25.9 Å².